The number of nitrogens with one attached hydrogen (secondary N) is 2. The predicted octanol–water partition coefficient (Wildman–Crippen LogP) is 1.67. The summed E-state index contributed by atoms with van der Waals surface area (Å²) in [6.45, 7) is 6.44. The molecule has 7 heteroatoms. The van der Waals surface area contributed by atoms with Gasteiger partial charge in [-0.15, -0.1) is 11.3 Å². The first-order chi connectivity index (χ1) is 9.95. The molecule has 1 aromatic heterocycles. The lowest BCUT2D eigenvalue weighted by Gasteiger charge is -2.22. The van der Waals surface area contributed by atoms with Crippen LogP contribution < -0.4 is 10.6 Å². The first kappa shape index (κ1) is 15.8. The maximum absolute atomic E-state index is 12.0. The molecule has 2 N–H and O–H groups in total. The average Bonchev–Trinajstić information content (AvgIpc) is 2.91. The minimum absolute atomic E-state index is 0.00246. The van der Waals surface area contributed by atoms with Gasteiger partial charge in [-0.1, -0.05) is 0 Å². The molecule has 1 fully saturated rings. The summed E-state index contributed by atoms with van der Waals surface area (Å²) in [6, 6.07) is -0.247. The number of esters is 1. The summed E-state index contributed by atoms with van der Waals surface area (Å²) in [7, 11) is 0. The number of amides is 1. The van der Waals surface area contributed by atoms with Crippen LogP contribution in [0.4, 0.5) is 5.13 Å². The van der Waals surface area contributed by atoms with Crippen LogP contribution in [-0.4, -0.2) is 36.1 Å². The number of nitrogens with zero attached hydrogens (tertiary/aromatic N) is 1. The summed E-state index contributed by atoms with van der Waals surface area (Å²) in [4.78, 5) is 28.1. The first-order valence-corrected chi connectivity index (χ1v) is 8.00. The number of aromatic nitrogens is 1. The third-order valence-electron chi connectivity index (χ3n) is 3.51. The second-order valence-electron chi connectivity index (χ2n) is 5.51. The lowest BCUT2D eigenvalue weighted by molar-refractivity contribution is -0.148. The van der Waals surface area contributed by atoms with E-state index in [1.54, 1.807) is 20.8 Å². The molecule has 1 unspecified atom stereocenters. The van der Waals surface area contributed by atoms with Crippen molar-refractivity contribution in [3.05, 3.63) is 11.1 Å². The SMILES string of the molecule is CCOC(=O)C(C)(C)c1csc(NC2CCCNC2=O)n1. The number of hydrogen-bond acceptors (Lipinski definition) is 6. The molecule has 0 radical (unpaired) electrons. The molecule has 1 aliphatic rings. The van der Waals surface area contributed by atoms with E-state index in [2.05, 4.69) is 15.6 Å². The first-order valence-electron chi connectivity index (χ1n) is 7.12. The third-order valence-corrected chi connectivity index (χ3v) is 4.29. The van der Waals surface area contributed by atoms with Crippen LogP contribution in [0.2, 0.25) is 0 Å². The lowest BCUT2D eigenvalue weighted by atomic mass is 9.90. The van der Waals surface area contributed by atoms with Crippen LogP contribution in [0.1, 0.15) is 39.3 Å². The van der Waals surface area contributed by atoms with Gasteiger partial charge in [-0.25, -0.2) is 4.98 Å². The standard InChI is InChI=1S/C14H21N3O3S/c1-4-20-12(19)14(2,3)10-8-21-13(17-10)16-9-6-5-7-15-11(9)18/h8-9H,4-7H2,1-3H3,(H,15,18)(H,16,17). The fourth-order valence-corrected chi connectivity index (χ4v) is 3.03. The van der Waals surface area contributed by atoms with E-state index in [0.717, 1.165) is 19.4 Å². The smallest absolute Gasteiger partial charge is 0.317 e. The minimum Gasteiger partial charge on any atom is -0.465 e. The molecular weight excluding hydrogens is 290 g/mol. The summed E-state index contributed by atoms with van der Waals surface area (Å²) < 4.78 is 5.08. The number of carbonyl (C=O) groups is 2. The van der Waals surface area contributed by atoms with Crippen molar-refractivity contribution >= 4 is 28.3 Å². The number of carbonyl (C=O) groups excluding carboxylic acids is 2. The van der Waals surface area contributed by atoms with Gasteiger partial charge in [0.05, 0.1) is 12.3 Å². The van der Waals surface area contributed by atoms with Crippen LogP contribution in [0.15, 0.2) is 5.38 Å². The fraction of sp³-hybridized carbons (Fsp3) is 0.643. The van der Waals surface area contributed by atoms with Crippen LogP contribution in [-0.2, 0) is 19.7 Å². The van der Waals surface area contributed by atoms with Crippen molar-refractivity contribution < 1.29 is 14.3 Å². The molecule has 1 aromatic rings. The van der Waals surface area contributed by atoms with E-state index in [1.807, 2.05) is 5.38 Å². The Bertz CT molecular complexity index is 527. The molecule has 6 nitrogen and oxygen atoms in total. The highest BCUT2D eigenvalue weighted by Crippen LogP contribution is 2.29. The largest absolute Gasteiger partial charge is 0.465 e. The van der Waals surface area contributed by atoms with Gasteiger partial charge >= 0.3 is 5.97 Å². The van der Waals surface area contributed by atoms with Crippen molar-refractivity contribution in [1.82, 2.24) is 10.3 Å². The Morgan fingerprint density at radius 3 is 3.05 bits per heavy atom. The fourth-order valence-electron chi connectivity index (χ4n) is 2.10. The highest BCUT2D eigenvalue weighted by Gasteiger charge is 2.34. The normalized spacial score (nSPS) is 19.0. The van der Waals surface area contributed by atoms with Gasteiger partial charge in [-0.05, 0) is 33.6 Å². The van der Waals surface area contributed by atoms with Crippen LogP contribution in [0.5, 0.6) is 0 Å². The molecule has 2 rings (SSSR count). The molecule has 0 spiro atoms. The Morgan fingerprint density at radius 1 is 1.62 bits per heavy atom. The highest BCUT2D eigenvalue weighted by atomic mass is 32.1. The van der Waals surface area contributed by atoms with Crippen LogP contribution >= 0.6 is 11.3 Å². The molecule has 0 saturated carbocycles. The van der Waals surface area contributed by atoms with Crippen molar-refractivity contribution in [3.63, 3.8) is 0 Å². The maximum atomic E-state index is 12.0. The van der Waals surface area contributed by atoms with Crippen molar-refractivity contribution in [2.75, 3.05) is 18.5 Å². The van der Waals surface area contributed by atoms with Crippen LogP contribution in [0, 0.1) is 0 Å². The molecule has 0 aliphatic carbocycles. The van der Waals surface area contributed by atoms with Crippen molar-refractivity contribution in [3.8, 4) is 0 Å². The van der Waals surface area contributed by atoms with E-state index < -0.39 is 5.41 Å². The van der Waals surface area contributed by atoms with Gasteiger partial charge in [0.25, 0.3) is 0 Å². The number of thiazole rings is 1. The summed E-state index contributed by atoms with van der Waals surface area (Å²) >= 11 is 1.40. The summed E-state index contributed by atoms with van der Waals surface area (Å²) in [5, 5.41) is 8.45. The van der Waals surface area contributed by atoms with Gasteiger partial charge in [-0.2, -0.15) is 0 Å². The Morgan fingerprint density at radius 2 is 2.38 bits per heavy atom. The molecule has 0 bridgehead atoms. The second kappa shape index (κ2) is 6.43. The highest BCUT2D eigenvalue weighted by molar-refractivity contribution is 7.13. The Balaban J connectivity index is 2.07. The molecule has 1 aliphatic heterocycles. The van der Waals surface area contributed by atoms with E-state index in [-0.39, 0.29) is 17.9 Å². The number of ether oxygens (including phenoxy) is 1. The molecule has 1 amide bonds. The van der Waals surface area contributed by atoms with Crippen LogP contribution in [0.3, 0.4) is 0 Å². The average molecular weight is 311 g/mol. The zero-order chi connectivity index (χ0) is 15.5. The van der Waals surface area contributed by atoms with Gasteiger partial charge < -0.3 is 15.4 Å². The quantitative estimate of drug-likeness (QED) is 0.809. The number of piperidine rings is 1. The van der Waals surface area contributed by atoms with E-state index in [0.29, 0.717) is 17.4 Å². The van der Waals surface area contributed by atoms with Gasteiger partial charge in [-0.3, -0.25) is 9.59 Å². The number of hydrogen-bond donors (Lipinski definition) is 2. The molecular formula is C14H21N3O3S. The van der Waals surface area contributed by atoms with E-state index in [4.69, 9.17) is 4.74 Å². The summed E-state index contributed by atoms with van der Waals surface area (Å²) in [5.74, 6) is -0.292. The predicted molar refractivity (Wildman–Crippen MR) is 81.4 cm³/mol. The minimum atomic E-state index is -0.790. The summed E-state index contributed by atoms with van der Waals surface area (Å²) in [5.41, 5.74) is -0.133. The lowest BCUT2D eigenvalue weighted by Crippen LogP contribution is -2.44. The monoisotopic (exact) mass is 311 g/mol. The van der Waals surface area contributed by atoms with Crippen molar-refractivity contribution in [2.24, 2.45) is 0 Å². The Kier molecular flexibility index (Phi) is 4.82. The van der Waals surface area contributed by atoms with Gasteiger partial charge in [0.2, 0.25) is 5.91 Å². The second-order valence-corrected chi connectivity index (χ2v) is 6.37. The van der Waals surface area contributed by atoms with E-state index in [9.17, 15) is 9.59 Å². The van der Waals surface area contributed by atoms with Gasteiger partial charge in [0.1, 0.15) is 11.5 Å². The number of anilines is 1. The van der Waals surface area contributed by atoms with E-state index >= 15 is 0 Å². The maximum Gasteiger partial charge on any atom is 0.317 e. The van der Waals surface area contributed by atoms with Crippen LogP contribution in [0.25, 0.3) is 0 Å². The molecule has 2 heterocycles. The summed E-state index contributed by atoms with van der Waals surface area (Å²) in [6.07, 6.45) is 1.75. The number of rotatable bonds is 5. The zero-order valence-corrected chi connectivity index (χ0v) is 13.4. The van der Waals surface area contributed by atoms with Gasteiger partial charge in [0.15, 0.2) is 5.13 Å². The molecule has 21 heavy (non-hydrogen) atoms. The third kappa shape index (κ3) is 3.53. The zero-order valence-electron chi connectivity index (χ0n) is 12.6. The van der Waals surface area contributed by atoms with Gasteiger partial charge in [0, 0.05) is 11.9 Å². The van der Waals surface area contributed by atoms with Crippen molar-refractivity contribution in [2.45, 2.75) is 45.1 Å². The van der Waals surface area contributed by atoms with Crippen molar-refractivity contribution in [1.29, 1.82) is 0 Å². The Hall–Kier alpha value is -1.63. The topological polar surface area (TPSA) is 80.3 Å². The molecule has 116 valence electrons. The van der Waals surface area contributed by atoms with E-state index in [1.165, 1.54) is 11.3 Å². The molecule has 1 atom stereocenters. The Labute approximate surface area is 128 Å². The molecule has 1 saturated heterocycles. The molecule has 0 aromatic carbocycles.